The molecule has 0 spiro atoms. The molecule has 0 aliphatic heterocycles. The van der Waals surface area contributed by atoms with Gasteiger partial charge in [-0.3, -0.25) is 0 Å². The van der Waals surface area contributed by atoms with E-state index in [2.05, 4.69) is 0 Å². The van der Waals surface area contributed by atoms with Crippen LogP contribution in [0.5, 0.6) is 0 Å². The maximum atomic E-state index is 13.7. The Hall–Kier alpha value is -1.44. The van der Waals surface area contributed by atoms with E-state index >= 15 is 0 Å². The summed E-state index contributed by atoms with van der Waals surface area (Å²) in [7, 11) is -1.78. The highest BCUT2D eigenvalue weighted by Gasteiger charge is 2.26. The van der Waals surface area contributed by atoms with Gasteiger partial charge in [0.15, 0.2) is 0 Å². The number of hydrogen-bond donors (Lipinski definition) is 3. The molecular weight excluding hydrogens is 252 g/mol. The summed E-state index contributed by atoms with van der Waals surface area (Å²) >= 11 is 0. The molecule has 7 heteroatoms. The largest absolute Gasteiger partial charge is 0.488 e. The molecular formula is C12H17BFNO4. The first-order chi connectivity index (χ1) is 8.61. The number of esters is 1. The van der Waals surface area contributed by atoms with Crippen molar-refractivity contribution in [2.24, 2.45) is 5.73 Å². The summed E-state index contributed by atoms with van der Waals surface area (Å²) in [5.41, 5.74) is 4.84. The third kappa shape index (κ3) is 4.31. The monoisotopic (exact) mass is 269 g/mol. The van der Waals surface area contributed by atoms with Gasteiger partial charge in [0.1, 0.15) is 17.5 Å². The van der Waals surface area contributed by atoms with E-state index in [1.54, 1.807) is 20.8 Å². The van der Waals surface area contributed by atoms with Gasteiger partial charge in [0.25, 0.3) is 0 Å². The van der Waals surface area contributed by atoms with E-state index in [0.29, 0.717) is 0 Å². The normalized spacial score (nSPS) is 13.0. The van der Waals surface area contributed by atoms with Crippen LogP contribution in [0.2, 0.25) is 0 Å². The molecule has 0 saturated carbocycles. The van der Waals surface area contributed by atoms with Crippen LogP contribution in [0.1, 0.15) is 32.4 Å². The molecule has 0 fully saturated rings. The fraction of sp³-hybridized carbons (Fsp3) is 0.417. The fourth-order valence-electron chi connectivity index (χ4n) is 1.45. The van der Waals surface area contributed by atoms with Gasteiger partial charge in [-0.2, -0.15) is 0 Å². The van der Waals surface area contributed by atoms with Crippen LogP contribution in [0.4, 0.5) is 4.39 Å². The first-order valence-electron chi connectivity index (χ1n) is 5.76. The lowest BCUT2D eigenvalue weighted by atomic mass is 9.79. The van der Waals surface area contributed by atoms with Crippen molar-refractivity contribution in [3.05, 3.63) is 29.6 Å². The summed E-state index contributed by atoms with van der Waals surface area (Å²) in [5, 5.41) is 17.8. The predicted molar refractivity (Wildman–Crippen MR) is 69.0 cm³/mol. The summed E-state index contributed by atoms with van der Waals surface area (Å²) in [5.74, 6) is -1.53. The van der Waals surface area contributed by atoms with E-state index < -0.39 is 30.5 Å². The summed E-state index contributed by atoms with van der Waals surface area (Å²) in [6, 6.07) is 2.18. The maximum Gasteiger partial charge on any atom is 0.488 e. The Bertz CT molecular complexity index is 473. The van der Waals surface area contributed by atoms with Crippen molar-refractivity contribution in [3.63, 3.8) is 0 Å². The first kappa shape index (κ1) is 15.6. The van der Waals surface area contributed by atoms with E-state index in [1.807, 2.05) is 0 Å². The highest BCUT2D eigenvalue weighted by atomic mass is 19.1. The van der Waals surface area contributed by atoms with Crippen LogP contribution < -0.4 is 11.2 Å². The summed E-state index contributed by atoms with van der Waals surface area (Å²) in [6.45, 7) is 5.04. The second-order valence-electron chi connectivity index (χ2n) is 5.17. The molecule has 5 nitrogen and oxygen atoms in total. The molecule has 0 aliphatic carbocycles. The Morgan fingerprint density at radius 1 is 1.42 bits per heavy atom. The standard InChI is InChI=1S/C12H17BFNO4/c1-12(2,3)19-11(16)10(15)8-5-4-7(13(17)18)6-9(8)14/h4-6,10,17-18H,15H2,1-3H3. The van der Waals surface area contributed by atoms with Crippen LogP contribution in [0.3, 0.4) is 0 Å². The van der Waals surface area contributed by atoms with Crippen LogP contribution in [-0.2, 0) is 9.53 Å². The zero-order valence-corrected chi connectivity index (χ0v) is 11.1. The molecule has 1 rings (SSSR count). The molecule has 0 amide bonds. The second kappa shape index (κ2) is 5.69. The number of nitrogens with two attached hydrogens (primary N) is 1. The van der Waals surface area contributed by atoms with Gasteiger partial charge in [0.05, 0.1) is 0 Å². The van der Waals surface area contributed by atoms with E-state index in [4.69, 9.17) is 20.5 Å². The Kier molecular flexibility index (Phi) is 4.68. The Labute approximate surface area is 111 Å². The minimum absolute atomic E-state index is 0.0161. The second-order valence-corrected chi connectivity index (χ2v) is 5.17. The number of ether oxygens (including phenoxy) is 1. The molecule has 1 atom stereocenters. The van der Waals surface area contributed by atoms with Crippen LogP contribution in [0.25, 0.3) is 0 Å². The van der Waals surface area contributed by atoms with Crippen molar-refractivity contribution in [3.8, 4) is 0 Å². The van der Waals surface area contributed by atoms with Crippen LogP contribution in [-0.4, -0.2) is 28.7 Å². The van der Waals surface area contributed by atoms with E-state index in [1.165, 1.54) is 12.1 Å². The minimum Gasteiger partial charge on any atom is -0.459 e. The lowest BCUT2D eigenvalue weighted by Gasteiger charge is -2.22. The highest BCUT2D eigenvalue weighted by molar-refractivity contribution is 6.58. The highest BCUT2D eigenvalue weighted by Crippen LogP contribution is 2.18. The Morgan fingerprint density at radius 2 is 2.00 bits per heavy atom. The molecule has 0 aliphatic rings. The van der Waals surface area contributed by atoms with Gasteiger partial charge in [-0.1, -0.05) is 12.1 Å². The molecule has 1 aromatic carbocycles. The van der Waals surface area contributed by atoms with Crippen LogP contribution in [0.15, 0.2) is 18.2 Å². The number of benzene rings is 1. The zero-order valence-electron chi connectivity index (χ0n) is 11.1. The minimum atomic E-state index is -1.78. The fourth-order valence-corrected chi connectivity index (χ4v) is 1.45. The number of carbonyl (C=O) groups is 1. The van der Waals surface area contributed by atoms with E-state index in [9.17, 15) is 9.18 Å². The third-order valence-corrected chi connectivity index (χ3v) is 2.32. The maximum absolute atomic E-state index is 13.7. The van der Waals surface area contributed by atoms with Crippen LogP contribution >= 0.6 is 0 Å². The molecule has 0 aromatic heterocycles. The van der Waals surface area contributed by atoms with Gasteiger partial charge in [-0.25, -0.2) is 9.18 Å². The average Bonchev–Trinajstić information content (AvgIpc) is 2.25. The lowest BCUT2D eigenvalue weighted by molar-refractivity contribution is -0.156. The molecule has 0 saturated heterocycles. The van der Waals surface area contributed by atoms with E-state index in [-0.39, 0.29) is 11.0 Å². The van der Waals surface area contributed by atoms with Crippen molar-refractivity contribution >= 4 is 18.6 Å². The molecule has 0 radical (unpaired) electrons. The van der Waals surface area contributed by atoms with Crippen molar-refractivity contribution in [2.45, 2.75) is 32.4 Å². The first-order valence-corrected chi connectivity index (χ1v) is 5.76. The lowest BCUT2D eigenvalue weighted by Crippen LogP contribution is -2.34. The summed E-state index contributed by atoms with van der Waals surface area (Å²) < 4.78 is 18.8. The Morgan fingerprint density at radius 3 is 2.42 bits per heavy atom. The molecule has 0 bridgehead atoms. The van der Waals surface area contributed by atoms with Gasteiger partial charge in [-0.05, 0) is 32.3 Å². The molecule has 4 N–H and O–H groups in total. The van der Waals surface area contributed by atoms with Crippen molar-refractivity contribution in [1.82, 2.24) is 0 Å². The molecule has 1 aromatic rings. The van der Waals surface area contributed by atoms with Gasteiger partial charge in [0.2, 0.25) is 0 Å². The predicted octanol–water partition coefficient (Wildman–Crippen LogP) is -0.153. The summed E-state index contributed by atoms with van der Waals surface area (Å²) in [4.78, 5) is 11.7. The van der Waals surface area contributed by atoms with Crippen molar-refractivity contribution < 1.29 is 24.0 Å². The van der Waals surface area contributed by atoms with E-state index in [0.717, 1.165) is 6.07 Å². The molecule has 19 heavy (non-hydrogen) atoms. The third-order valence-electron chi connectivity index (χ3n) is 2.32. The average molecular weight is 269 g/mol. The SMILES string of the molecule is CC(C)(C)OC(=O)C(N)c1ccc(B(O)O)cc1F. The Balaban J connectivity index is 2.94. The molecule has 0 heterocycles. The molecule has 1 unspecified atom stereocenters. The van der Waals surface area contributed by atoms with Crippen molar-refractivity contribution in [1.29, 1.82) is 0 Å². The van der Waals surface area contributed by atoms with Gasteiger partial charge < -0.3 is 20.5 Å². The number of halogens is 1. The van der Waals surface area contributed by atoms with Crippen molar-refractivity contribution in [2.75, 3.05) is 0 Å². The number of rotatable bonds is 3. The number of carbonyl (C=O) groups excluding carboxylic acids is 1. The van der Waals surface area contributed by atoms with Gasteiger partial charge in [-0.15, -0.1) is 0 Å². The quantitative estimate of drug-likeness (QED) is 0.524. The molecule has 104 valence electrons. The summed E-state index contributed by atoms with van der Waals surface area (Å²) in [6.07, 6.45) is 0. The van der Waals surface area contributed by atoms with Gasteiger partial charge in [0, 0.05) is 5.56 Å². The zero-order chi connectivity index (χ0) is 14.8. The van der Waals surface area contributed by atoms with Crippen LogP contribution in [0, 0.1) is 5.82 Å². The number of hydrogen-bond acceptors (Lipinski definition) is 5. The van der Waals surface area contributed by atoms with Gasteiger partial charge >= 0.3 is 13.1 Å². The smallest absolute Gasteiger partial charge is 0.459 e. The topological polar surface area (TPSA) is 92.8 Å².